The Balaban J connectivity index is 1.77. The van der Waals surface area contributed by atoms with Crippen molar-refractivity contribution in [2.75, 3.05) is 26.3 Å². The van der Waals surface area contributed by atoms with Crippen LogP contribution in [0.4, 0.5) is 0 Å². The Morgan fingerprint density at radius 1 is 1.47 bits per heavy atom. The van der Waals surface area contributed by atoms with Crippen LogP contribution in [0.2, 0.25) is 0 Å². The van der Waals surface area contributed by atoms with Gasteiger partial charge in [0.1, 0.15) is 0 Å². The summed E-state index contributed by atoms with van der Waals surface area (Å²) >= 11 is 0. The smallest absolute Gasteiger partial charge is 0.223 e. The van der Waals surface area contributed by atoms with Crippen LogP contribution in [0, 0.1) is 0 Å². The first-order valence-corrected chi connectivity index (χ1v) is 5.86. The first kappa shape index (κ1) is 11.9. The number of carbonyl (C=O) groups is 1. The average molecular weight is 235 g/mol. The number of carbonyl (C=O) groups excluding carboxylic acids is 1. The quantitative estimate of drug-likeness (QED) is 0.781. The molecule has 0 aliphatic carbocycles. The van der Waals surface area contributed by atoms with Crippen molar-refractivity contribution < 1.29 is 9.53 Å². The number of aliphatic imine (C=N–C) groups is 1. The molecule has 0 saturated carbocycles. The van der Waals surface area contributed by atoms with Crippen molar-refractivity contribution >= 4 is 12.1 Å². The minimum absolute atomic E-state index is 0.188. The molecule has 17 heavy (non-hydrogen) atoms. The third-order valence-corrected chi connectivity index (χ3v) is 2.74. The molecule has 1 amide bonds. The molecule has 92 valence electrons. The standard InChI is InChI=1S/C12H17N3O2/c16-12(15-6-8-17-9-7-15)3-2-11-10-13-4-1-5-14-11/h1,4-5,10,14H,2-3,6-9H2. The normalized spacial score (nSPS) is 19.5. The molecule has 0 radical (unpaired) electrons. The maximum absolute atomic E-state index is 11.9. The van der Waals surface area contributed by atoms with E-state index in [1.54, 1.807) is 12.4 Å². The van der Waals surface area contributed by atoms with Crippen molar-refractivity contribution in [3.05, 3.63) is 24.2 Å². The molecular weight excluding hydrogens is 218 g/mol. The summed E-state index contributed by atoms with van der Waals surface area (Å²) in [5.74, 6) is 0.188. The zero-order valence-corrected chi connectivity index (χ0v) is 9.76. The second-order valence-corrected chi connectivity index (χ2v) is 3.95. The fourth-order valence-corrected chi connectivity index (χ4v) is 1.77. The third kappa shape index (κ3) is 3.71. The van der Waals surface area contributed by atoms with Gasteiger partial charge < -0.3 is 15.0 Å². The number of allylic oxidation sites excluding steroid dienone is 2. The lowest BCUT2D eigenvalue weighted by Crippen LogP contribution is -2.40. The molecule has 0 aromatic rings. The van der Waals surface area contributed by atoms with Gasteiger partial charge in [0.25, 0.3) is 0 Å². The van der Waals surface area contributed by atoms with E-state index in [9.17, 15) is 4.79 Å². The molecule has 0 bridgehead atoms. The van der Waals surface area contributed by atoms with Crippen molar-refractivity contribution in [3.63, 3.8) is 0 Å². The zero-order chi connectivity index (χ0) is 11.9. The van der Waals surface area contributed by atoms with Gasteiger partial charge in [0.15, 0.2) is 0 Å². The molecule has 1 N–H and O–H groups in total. The highest BCUT2D eigenvalue weighted by atomic mass is 16.5. The molecule has 0 spiro atoms. The minimum atomic E-state index is 0.188. The molecular formula is C12H17N3O2. The first-order chi connectivity index (χ1) is 8.36. The summed E-state index contributed by atoms with van der Waals surface area (Å²) in [5.41, 5.74) is 0.969. The Bertz CT molecular complexity index is 355. The first-order valence-electron chi connectivity index (χ1n) is 5.86. The summed E-state index contributed by atoms with van der Waals surface area (Å²) in [7, 11) is 0. The highest BCUT2D eigenvalue weighted by Gasteiger charge is 2.16. The van der Waals surface area contributed by atoms with Gasteiger partial charge in [0, 0.05) is 43.8 Å². The van der Waals surface area contributed by atoms with Crippen molar-refractivity contribution in [2.45, 2.75) is 12.8 Å². The fraction of sp³-hybridized carbons (Fsp3) is 0.500. The van der Waals surface area contributed by atoms with E-state index in [0.29, 0.717) is 39.1 Å². The van der Waals surface area contributed by atoms with Crippen molar-refractivity contribution in [2.24, 2.45) is 4.99 Å². The SMILES string of the molecule is O=C(CCC1=CN=CC=CN1)N1CCOCC1. The summed E-state index contributed by atoms with van der Waals surface area (Å²) < 4.78 is 5.21. The number of hydrogen-bond donors (Lipinski definition) is 1. The third-order valence-electron chi connectivity index (χ3n) is 2.74. The monoisotopic (exact) mass is 235 g/mol. The van der Waals surface area contributed by atoms with E-state index < -0.39 is 0 Å². The van der Waals surface area contributed by atoms with Crippen molar-refractivity contribution in [1.82, 2.24) is 10.2 Å². The Morgan fingerprint density at radius 2 is 2.29 bits per heavy atom. The van der Waals surface area contributed by atoms with Gasteiger partial charge in [-0.2, -0.15) is 0 Å². The Labute approximate surface area is 101 Å². The maximum atomic E-state index is 11.9. The predicted molar refractivity (Wildman–Crippen MR) is 65.5 cm³/mol. The Morgan fingerprint density at radius 3 is 3.12 bits per heavy atom. The van der Waals surface area contributed by atoms with Crippen LogP contribution < -0.4 is 5.32 Å². The van der Waals surface area contributed by atoms with Crippen molar-refractivity contribution in [3.8, 4) is 0 Å². The van der Waals surface area contributed by atoms with Crippen LogP contribution in [-0.4, -0.2) is 43.3 Å². The molecule has 1 fully saturated rings. The van der Waals surface area contributed by atoms with Gasteiger partial charge >= 0.3 is 0 Å². The molecule has 5 nitrogen and oxygen atoms in total. The summed E-state index contributed by atoms with van der Waals surface area (Å²) in [4.78, 5) is 17.8. The molecule has 5 heteroatoms. The predicted octanol–water partition coefficient (Wildman–Crippen LogP) is 0.654. The number of nitrogens with zero attached hydrogens (tertiary/aromatic N) is 2. The number of amides is 1. The highest BCUT2D eigenvalue weighted by Crippen LogP contribution is 2.07. The lowest BCUT2D eigenvalue weighted by molar-refractivity contribution is -0.135. The van der Waals surface area contributed by atoms with E-state index in [0.717, 1.165) is 5.70 Å². The van der Waals surface area contributed by atoms with E-state index >= 15 is 0 Å². The van der Waals surface area contributed by atoms with Gasteiger partial charge in [-0.15, -0.1) is 0 Å². The van der Waals surface area contributed by atoms with Crippen LogP contribution in [0.15, 0.2) is 29.2 Å². The number of ether oxygens (including phenoxy) is 1. The molecule has 0 unspecified atom stereocenters. The summed E-state index contributed by atoms with van der Waals surface area (Å²) in [6, 6.07) is 0. The molecule has 0 aromatic heterocycles. The highest BCUT2D eigenvalue weighted by molar-refractivity contribution is 5.76. The summed E-state index contributed by atoms with van der Waals surface area (Å²) in [6.07, 6.45) is 8.32. The van der Waals surface area contributed by atoms with Crippen LogP contribution >= 0.6 is 0 Å². The number of rotatable bonds is 3. The van der Waals surface area contributed by atoms with Gasteiger partial charge in [-0.05, 0) is 12.5 Å². The van der Waals surface area contributed by atoms with Gasteiger partial charge in [-0.3, -0.25) is 9.79 Å². The van der Waals surface area contributed by atoms with Crippen LogP contribution in [0.5, 0.6) is 0 Å². The van der Waals surface area contributed by atoms with E-state index in [2.05, 4.69) is 10.3 Å². The van der Waals surface area contributed by atoms with E-state index in [-0.39, 0.29) is 5.91 Å². The molecule has 2 aliphatic heterocycles. The fourth-order valence-electron chi connectivity index (χ4n) is 1.77. The lowest BCUT2D eigenvalue weighted by atomic mass is 10.2. The average Bonchev–Trinajstić information content (AvgIpc) is 2.65. The minimum Gasteiger partial charge on any atom is -0.378 e. The van der Waals surface area contributed by atoms with E-state index in [1.165, 1.54) is 0 Å². The number of hydrogen-bond acceptors (Lipinski definition) is 4. The number of nitrogens with one attached hydrogen (secondary N) is 1. The van der Waals surface area contributed by atoms with Crippen LogP contribution in [0.25, 0.3) is 0 Å². The zero-order valence-electron chi connectivity index (χ0n) is 9.76. The van der Waals surface area contributed by atoms with Gasteiger partial charge in [0.05, 0.1) is 13.2 Å². The summed E-state index contributed by atoms with van der Waals surface area (Å²) in [6.45, 7) is 2.73. The van der Waals surface area contributed by atoms with Crippen LogP contribution in [-0.2, 0) is 9.53 Å². The van der Waals surface area contributed by atoms with E-state index in [1.807, 2.05) is 17.2 Å². The van der Waals surface area contributed by atoms with Gasteiger partial charge in [-0.1, -0.05) is 0 Å². The second-order valence-electron chi connectivity index (χ2n) is 3.95. The second kappa shape index (κ2) is 6.20. The molecule has 0 atom stereocenters. The molecule has 2 heterocycles. The number of morpholine rings is 1. The lowest BCUT2D eigenvalue weighted by Gasteiger charge is -2.26. The van der Waals surface area contributed by atoms with Crippen LogP contribution in [0.1, 0.15) is 12.8 Å². The van der Waals surface area contributed by atoms with Crippen molar-refractivity contribution in [1.29, 1.82) is 0 Å². The summed E-state index contributed by atoms with van der Waals surface area (Å²) in [5, 5.41) is 3.10. The Kier molecular flexibility index (Phi) is 4.32. The topological polar surface area (TPSA) is 53.9 Å². The maximum Gasteiger partial charge on any atom is 0.223 e. The Hall–Kier alpha value is -1.62. The van der Waals surface area contributed by atoms with E-state index in [4.69, 9.17) is 4.74 Å². The molecule has 2 rings (SSSR count). The largest absolute Gasteiger partial charge is 0.378 e. The van der Waals surface area contributed by atoms with Gasteiger partial charge in [0.2, 0.25) is 5.91 Å². The molecule has 0 aromatic carbocycles. The molecule has 2 aliphatic rings. The molecule has 1 saturated heterocycles. The van der Waals surface area contributed by atoms with Gasteiger partial charge in [-0.25, -0.2) is 0 Å². The van der Waals surface area contributed by atoms with Crippen LogP contribution in [0.3, 0.4) is 0 Å².